The Labute approximate surface area is 97.8 Å². The molecule has 0 bridgehead atoms. The van der Waals surface area contributed by atoms with E-state index in [1.165, 1.54) is 16.8 Å². The number of nitrogens with two attached hydrogens (primary N) is 1. The SMILES string of the molecule is NC1CC(NC(=O)c2cccn2CC(F)F)C1. The van der Waals surface area contributed by atoms with Gasteiger partial charge >= 0.3 is 0 Å². The van der Waals surface area contributed by atoms with Gasteiger partial charge in [-0.2, -0.15) is 0 Å². The van der Waals surface area contributed by atoms with E-state index in [4.69, 9.17) is 5.73 Å². The minimum Gasteiger partial charge on any atom is -0.348 e. The van der Waals surface area contributed by atoms with Crippen molar-refractivity contribution in [3.05, 3.63) is 24.0 Å². The molecule has 0 saturated heterocycles. The van der Waals surface area contributed by atoms with Gasteiger partial charge in [-0.25, -0.2) is 8.78 Å². The van der Waals surface area contributed by atoms with E-state index in [2.05, 4.69) is 5.32 Å². The molecule has 4 nitrogen and oxygen atoms in total. The number of alkyl halides is 2. The minimum atomic E-state index is -2.47. The molecule has 0 unspecified atom stereocenters. The van der Waals surface area contributed by atoms with E-state index in [0.29, 0.717) is 0 Å². The van der Waals surface area contributed by atoms with E-state index in [9.17, 15) is 13.6 Å². The number of nitrogens with one attached hydrogen (secondary N) is 1. The van der Waals surface area contributed by atoms with Gasteiger partial charge in [-0.3, -0.25) is 4.79 Å². The average molecular weight is 243 g/mol. The maximum Gasteiger partial charge on any atom is 0.268 e. The Hall–Kier alpha value is -1.43. The smallest absolute Gasteiger partial charge is 0.268 e. The Morgan fingerprint density at radius 3 is 2.88 bits per heavy atom. The van der Waals surface area contributed by atoms with Crippen LogP contribution in [0.2, 0.25) is 0 Å². The second-order valence-corrected chi connectivity index (χ2v) is 4.34. The first kappa shape index (κ1) is 12.0. The molecule has 0 aliphatic heterocycles. The lowest BCUT2D eigenvalue weighted by Gasteiger charge is -2.33. The normalized spacial score (nSPS) is 23.5. The zero-order valence-electron chi connectivity index (χ0n) is 9.27. The molecule has 1 aliphatic carbocycles. The molecule has 94 valence electrons. The second kappa shape index (κ2) is 4.83. The molecule has 2 rings (SSSR count). The lowest BCUT2D eigenvalue weighted by molar-refractivity contribution is 0.0888. The summed E-state index contributed by atoms with van der Waals surface area (Å²) in [6, 6.07) is 3.35. The predicted molar refractivity (Wildman–Crippen MR) is 58.9 cm³/mol. The average Bonchev–Trinajstić information content (AvgIpc) is 2.62. The van der Waals surface area contributed by atoms with Crippen LogP contribution >= 0.6 is 0 Å². The summed E-state index contributed by atoms with van der Waals surface area (Å²) >= 11 is 0. The molecular weight excluding hydrogens is 228 g/mol. The highest BCUT2D eigenvalue weighted by Crippen LogP contribution is 2.18. The third kappa shape index (κ3) is 2.82. The molecule has 0 spiro atoms. The lowest BCUT2D eigenvalue weighted by atomic mass is 9.87. The third-order valence-corrected chi connectivity index (χ3v) is 2.91. The summed E-state index contributed by atoms with van der Waals surface area (Å²) < 4.78 is 25.8. The molecule has 3 N–H and O–H groups in total. The van der Waals surface area contributed by atoms with Crippen LogP contribution in [0.15, 0.2) is 18.3 Å². The van der Waals surface area contributed by atoms with Crippen LogP contribution in [-0.2, 0) is 6.54 Å². The fraction of sp³-hybridized carbons (Fsp3) is 0.545. The third-order valence-electron chi connectivity index (χ3n) is 2.91. The molecule has 6 heteroatoms. The van der Waals surface area contributed by atoms with Crippen molar-refractivity contribution in [2.45, 2.75) is 37.9 Å². The topological polar surface area (TPSA) is 60.0 Å². The maximum absolute atomic E-state index is 12.3. The van der Waals surface area contributed by atoms with Crippen LogP contribution in [-0.4, -0.2) is 29.0 Å². The molecule has 1 heterocycles. The van der Waals surface area contributed by atoms with Gasteiger partial charge in [-0.05, 0) is 25.0 Å². The summed E-state index contributed by atoms with van der Waals surface area (Å²) in [5.74, 6) is -0.312. The highest BCUT2D eigenvalue weighted by Gasteiger charge is 2.28. The number of halogens is 2. The van der Waals surface area contributed by atoms with Crippen molar-refractivity contribution in [3.63, 3.8) is 0 Å². The summed E-state index contributed by atoms with van der Waals surface area (Å²) in [7, 11) is 0. The molecule has 1 amide bonds. The number of rotatable bonds is 4. The number of hydrogen-bond donors (Lipinski definition) is 2. The zero-order chi connectivity index (χ0) is 12.4. The highest BCUT2D eigenvalue weighted by molar-refractivity contribution is 5.93. The van der Waals surface area contributed by atoms with Gasteiger partial charge < -0.3 is 15.6 Å². The molecule has 1 aromatic rings. The van der Waals surface area contributed by atoms with E-state index in [0.717, 1.165) is 12.8 Å². The van der Waals surface area contributed by atoms with Crippen molar-refractivity contribution in [3.8, 4) is 0 Å². The van der Waals surface area contributed by atoms with Crippen LogP contribution < -0.4 is 11.1 Å². The van der Waals surface area contributed by atoms with Crippen LogP contribution in [0, 0.1) is 0 Å². The Kier molecular flexibility index (Phi) is 3.42. The molecule has 17 heavy (non-hydrogen) atoms. The fourth-order valence-corrected chi connectivity index (χ4v) is 1.97. The number of hydrogen-bond acceptors (Lipinski definition) is 2. The standard InChI is InChI=1S/C11H15F2N3O/c12-10(13)6-16-3-1-2-9(16)11(17)15-8-4-7(14)5-8/h1-3,7-8,10H,4-6,14H2,(H,15,17). The van der Waals surface area contributed by atoms with Crippen LogP contribution in [0.25, 0.3) is 0 Å². The molecule has 1 aliphatic rings. The van der Waals surface area contributed by atoms with Crippen LogP contribution in [0.5, 0.6) is 0 Å². The van der Waals surface area contributed by atoms with Crippen LogP contribution in [0.1, 0.15) is 23.3 Å². The van der Waals surface area contributed by atoms with E-state index in [1.54, 1.807) is 6.07 Å². The van der Waals surface area contributed by atoms with Gasteiger partial charge in [-0.15, -0.1) is 0 Å². The number of carbonyl (C=O) groups excluding carboxylic acids is 1. The van der Waals surface area contributed by atoms with E-state index in [-0.39, 0.29) is 23.7 Å². The van der Waals surface area contributed by atoms with Crippen molar-refractivity contribution in [2.24, 2.45) is 5.73 Å². The molecule has 0 atom stereocenters. The highest BCUT2D eigenvalue weighted by atomic mass is 19.3. The summed E-state index contributed by atoms with van der Waals surface area (Å²) in [6.45, 7) is -0.458. The molecule has 0 aromatic carbocycles. The lowest BCUT2D eigenvalue weighted by Crippen LogP contribution is -2.50. The number of nitrogens with zero attached hydrogens (tertiary/aromatic N) is 1. The van der Waals surface area contributed by atoms with E-state index < -0.39 is 13.0 Å². The monoisotopic (exact) mass is 243 g/mol. The summed E-state index contributed by atoms with van der Waals surface area (Å²) in [6.07, 6.45) is 0.516. The summed E-state index contributed by atoms with van der Waals surface area (Å²) in [4.78, 5) is 11.8. The quantitative estimate of drug-likeness (QED) is 0.828. The van der Waals surface area contributed by atoms with Crippen molar-refractivity contribution in [1.82, 2.24) is 9.88 Å². The van der Waals surface area contributed by atoms with Gasteiger partial charge in [0.05, 0.1) is 6.54 Å². The second-order valence-electron chi connectivity index (χ2n) is 4.34. The van der Waals surface area contributed by atoms with Crippen molar-refractivity contribution < 1.29 is 13.6 Å². The van der Waals surface area contributed by atoms with Crippen LogP contribution in [0.4, 0.5) is 8.78 Å². The van der Waals surface area contributed by atoms with Crippen molar-refractivity contribution in [2.75, 3.05) is 0 Å². The van der Waals surface area contributed by atoms with Gasteiger partial charge in [0.25, 0.3) is 12.3 Å². The minimum absolute atomic E-state index is 0.0763. The number of aromatic nitrogens is 1. The van der Waals surface area contributed by atoms with Crippen molar-refractivity contribution in [1.29, 1.82) is 0 Å². The van der Waals surface area contributed by atoms with Gasteiger partial charge in [0.2, 0.25) is 0 Å². The van der Waals surface area contributed by atoms with Crippen molar-refractivity contribution >= 4 is 5.91 Å². The molecule has 0 radical (unpaired) electrons. The molecule has 1 saturated carbocycles. The Bertz CT molecular complexity index is 399. The molecule has 1 fully saturated rings. The number of amides is 1. The predicted octanol–water partition coefficient (Wildman–Crippen LogP) is 0.973. The summed E-state index contributed by atoms with van der Waals surface area (Å²) in [5, 5.41) is 2.78. The maximum atomic E-state index is 12.3. The summed E-state index contributed by atoms with van der Waals surface area (Å²) in [5.41, 5.74) is 5.87. The van der Waals surface area contributed by atoms with Gasteiger partial charge in [0.15, 0.2) is 0 Å². The molecule has 1 aromatic heterocycles. The fourth-order valence-electron chi connectivity index (χ4n) is 1.97. The molecular formula is C11H15F2N3O. The van der Waals surface area contributed by atoms with E-state index >= 15 is 0 Å². The van der Waals surface area contributed by atoms with Gasteiger partial charge in [0.1, 0.15) is 5.69 Å². The van der Waals surface area contributed by atoms with Gasteiger partial charge in [-0.1, -0.05) is 0 Å². The zero-order valence-corrected chi connectivity index (χ0v) is 9.27. The first-order valence-corrected chi connectivity index (χ1v) is 5.56. The van der Waals surface area contributed by atoms with Gasteiger partial charge in [0, 0.05) is 18.3 Å². The Balaban J connectivity index is 1.96. The van der Waals surface area contributed by atoms with Crippen LogP contribution in [0.3, 0.4) is 0 Å². The number of carbonyl (C=O) groups is 1. The largest absolute Gasteiger partial charge is 0.348 e. The Morgan fingerprint density at radius 2 is 2.29 bits per heavy atom. The first-order chi connectivity index (χ1) is 8.06. The first-order valence-electron chi connectivity index (χ1n) is 5.56. The van der Waals surface area contributed by atoms with E-state index in [1.807, 2.05) is 0 Å². The Morgan fingerprint density at radius 1 is 1.59 bits per heavy atom.